The Morgan fingerprint density at radius 1 is 1.32 bits per heavy atom. The molecule has 0 spiro atoms. The quantitative estimate of drug-likeness (QED) is 0.883. The first-order valence-corrected chi connectivity index (χ1v) is 7.37. The molecule has 0 radical (unpaired) electrons. The summed E-state index contributed by atoms with van der Waals surface area (Å²) in [6, 6.07) is 9.72. The van der Waals surface area contributed by atoms with Crippen LogP contribution >= 0.6 is 0 Å². The molecule has 0 aromatic heterocycles. The second-order valence-corrected chi connectivity index (χ2v) is 5.29. The van der Waals surface area contributed by atoms with Gasteiger partial charge in [0.1, 0.15) is 0 Å². The zero-order chi connectivity index (χ0) is 13.7. The largest absolute Gasteiger partial charge is 0.381 e. The molecule has 19 heavy (non-hydrogen) atoms. The lowest BCUT2D eigenvalue weighted by Gasteiger charge is -2.35. The van der Waals surface area contributed by atoms with Crippen LogP contribution in [-0.4, -0.2) is 32.8 Å². The summed E-state index contributed by atoms with van der Waals surface area (Å²) in [5.74, 6) is 0. The molecule has 1 saturated heterocycles. The van der Waals surface area contributed by atoms with Crippen LogP contribution in [0.4, 0.5) is 5.69 Å². The van der Waals surface area contributed by atoms with Crippen LogP contribution in [0.25, 0.3) is 0 Å². The summed E-state index contributed by atoms with van der Waals surface area (Å²) in [7, 11) is 2.22. The molecule has 1 aromatic rings. The van der Waals surface area contributed by atoms with E-state index in [4.69, 9.17) is 4.74 Å². The molecule has 1 aliphatic heterocycles. The van der Waals surface area contributed by atoms with Crippen LogP contribution < -0.4 is 10.2 Å². The number of hydrogen-bond donors (Lipinski definition) is 1. The molecule has 1 atom stereocenters. The first-order valence-electron chi connectivity index (χ1n) is 7.37. The van der Waals surface area contributed by atoms with Crippen LogP contribution in [0, 0.1) is 0 Å². The molecule has 0 bridgehead atoms. The fourth-order valence-corrected chi connectivity index (χ4v) is 2.86. The number of nitrogens with one attached hydrogen (secondary N) is 1. The Kier molecular flexibility index (Phi) is 5.23. The number of anilines is 1. The van der Waals surface area contributed by atoms with Crippen molar-refractivity contribution in [2.75, 3.05) is 31.7 Å². The van der Waals surface area contributed by atoms with E-state index in [1.54, 1.807) is 0 Å². The van der Waals surface area contributed by atoms with Crippen LogP contribution in [-0.2, 0) is 4.74 Å². The van der Waals surface area contributed by atoms with Crippen molar-refractivity contribution < 1.29 is 4.74 Å². The molecular formula is C16H26N2O. The van der Waals surface area contributed by atoms with Gasteiger partial charge in [0.05, 0.1) is 0 Å². The zero-order valence-electron chi connectivity index (χ0n) is 12.4. The van der Waals surface area contributed by atoms with Gasteiger partial charge in [0.15, 0.2) is 0 Å². The Bertz CT molecular complexity index is 388. The summed E-state index contributed by atoms with van der Waals surface area (Å²) >= 11 is 0. The number of rotatable bonds is 5. The van der Waals surface area contributed by atoms with E-state index in [0.717, 1.165) is 32.6 Å². The van der Waals surface area contributed by atoms with Gasteiger partial charge in [0.2, 0.25) is 0 Å². The van der Waals surface area contributed by atoms with Gasteiger partial charge in [0, 0.05) is 38.0 Å². The molecule has 1 heterocycles. The molecule has 3 nitrogen and oxygen atoms in total. The summed E-state index contributed by atoms with van der Waals surface area (Å²) in [5.41, 5.74) is 2.74. The Hall–Kier alpha value is -1.06. The van der Waals surface area contributed by atoms with Crippen LogP contribution in [0.1, 0.15) is 38.3 Å². The van der Waals surface area contributed by atoms with E-state index >= 15 is 0 Å². The molecule has 1 fully saturated rings. The summed E-state index contributed by atoms with van der Waals surface area (Å²) in [4.78, 5) is 2.44. The van der Waals surface area contributed by atoms with Crippen LogP contribution in [0.2, 0.25) is 0 Å². The van der Waals surface area contributed by atoms with E-state index in [9.17, 15) is 0 Å². The van der Waals surface area contributed by atoms with E-state index in [2.05, 4.69) is 55.4 Å². The fraction of sp³-hybridized carbons (Fsp3) is 0.625. The minimum Gasteiger partial charge on any atom is -0.381 e. The molecule has 1 N–H and O–H groups in total. The highest BCUT2D eigenvalue weighted by Crippen LogP contribution is 2.28. The molecule has 1 aromatic carbocycles. The van der Waals surface area contributed by atoms with E-state index < -0.39 is 0 Å². The molecule has 0 aliphatic carbocycles. The maximum absolute atomic E-state index is 5.46. The fourth-order valence-electron chi connectivity index (χ4n) is 2.86. The average molecular weight is 262 g/mol. The standard InChI is InChI=1S/C16H26N2O/c1-4-17-13(2)15-7-5-6-8-16(15)18(3)14-9-11-19-12-10-14/h5-8,13-14,17H,4,9-12H2,1-3H3. The topological polar surface area (TPSA) is 24.5 Å². The minimum atomic E-state index is 0.392. The monoisotopic (exact) mass is 262 g/mol. The van der Waals surface area contributed by atoms with Gasteiger partial charge in [-0.1, -0.05) is 25.1 Å². The second-order valence-electron chi connectivity index (χ2n) is 5.29. The van der Waals surface area contributed by atoms with Gasteiger partial charge in [-0.05, 0) is 37.9 Å². The van der Waals surface area contributed by atoms with Gasteiger partial charge < -0.3 is 15.0 Å². The van der Waals surface area contributed by atoms with Gasteiger partial charge >= 0.3 is 0 Å². The van der Waals surface area contributed by atoms with Gasteiger partial charge in [-0.15, -0.1) is 0 Å². The van der Waals surface area contributed by atoms with Crippen LogP contribution in [0.3, 0.4) is 0 Å². The van der Waals surface area contributed by atoms with Crippen molar-refractivity contribution in [3.05, 3.63) is 29.8 Å². The Labute approximate surface area is 116 Å². The first-order chi connectivity index (χ1) is 9.24. The van der Waals surface area contributed by atoms with Gasteiger partial charge in [-0.3, -0.25) is 0 Å². The molecule has 3 heteroatoms. The Morgan fingerprint density at radius 2 is 2.00 bits per heavy atom. The minimum absolute atomic E-state index is 0.392. The molecule has 0 saturated carbocycles. The summed E-state index contributed by atoms with van der Waals surface area (Å²) in [5, 5.41) is 3.51. The third kappa shape index (κ3) is 3.48. The number of hydrogen-bond acceptors (Lipinski definition) is 3. The number of para-hydroxylation sites is 1. The second kappa shape index (κ2) is 6.92. The smallest absolute Gasteiger partial charge is 0.0485 e. The van der Waals surface area contributed by atoms with Gasteiger partial charge in [-0.25, -0.2) is 0 Å². The van der Waals surface area contributed by atoms with Crippen molar-refractivity contribution in [1.82, 2.24) is 5.32 Å². The number of ether oxygens (including phenoxy) is 1. The summed E-state index contributed by atoms with van der Waals surface area (Å²) in [6.45, 7) is 7.16. The van der Waals surface area contributed by atoms with Crippen molar-refractivity contribution in [3.63, 3.8) is 0 Å². The van der Waals surface area contributed by atoms with Crippen LogP contribution in [0.5, 0.6) is 0 Å². The van der Waals surface area contributed by atoms with Gasteiger partial charge in [0.25, 0.3) is 0 Å². The average Bonchev–Trinajstić information content (AvgIpc) is 2.47. The molecule has 1 unspecified atom stereocenters. The van der Waals surface area contributed by atoms with Crippen molar-refractivity contribution >= 4 is 5.69 Å². The van der Waals surface area contributed by atoms with Gasteiger partial charge in [-0.2, -0.15) is 0 Å². The Balaban J connectivity index is 2.17. The molecule has 2 rings (SSSR count). The highest BCUT2D eigenvalue weighted by Gasteiger charge is 2.21. The maximum Gasteiger partial charge on any atom is 0.0485 e. The predicted octanol–water partition coefficient (Wildman–Crippen LogP) is 2.97. The van der Waals surface area contributed by atoms with Crippen molar-refractivity contribution in [2.24, 2.45) is 0 Å². The molecular weight excluding hydrogens is 236 g/mol. The Morgan fingerprint density at radius 3 is 2.68 bits per heavy atom. The highest BCUT2D eigenvalue weighted by molar-refractivity contribution is 5.55. The lowest BCUT2D eigenvalue weighted by molar-refractivity contribution is 0.0854. The lowest BCUT2D eigenvalue weighted by atomic mass is 10.0. The third-order valence-corrected chi connectivity index (χ3v) is 4.03. The first kappa shape index (κ1) is 14.4. The van der Waals surface area contributed by atoms with E-state index in [1.807, 2.05) is 0 Å². The molecule has 106 valence electrons. The number of benzene rings is 1. The molecule has 0 amide bonds. The van der Waals surface area contributed by atoms with E-state index in [0.29, 0.717) is 12.1 Å². The maximum atomic E-state index is 5.46. The summed E-state index contributed by atoms with van der Waals surface area (Å²) < 4.78 is 5.46. The predicted molar refractivity (Wildman–Crippen MR) is 80.8 cm³/mol. The highest BCUT2D eigenvalue weighted by atomic mass is 16.5. The number of nitrogens with zero attached hydrogens (tertiary/aromatic N) is 1. The van der Waals surface area contributed by atoms with Crippen molar-refractivity contribution in [1.29, 1.82) is 0 Å². The van der Waals surface area contributed by atoms with E-state index in [-0.39, 0.29) is 0 Å². The lowest BCUT2D eigenvalue weighted by Crippen LogP contribution is -2.37. The third-order valence-electron chi connectivity index (χ3n) is 4.03. The SMILES string of the molecule is CCNC(C)c1ccccc1N(C)C1CCOCC1. The molecule has 1 aliphatic rings. The van der Waals surface area contributed by atoms with Crippen molar-refractivity contribution in [3.8, 4) is 0 Å². The normalized spacial score (nSPS) is 18.3. The van der Waals surface area contributed by atoms with Crippen LogP contribution in [0.15, 0.2) is 24.3 Å². The summed E-state index contributed by atoms with van der Waals surface area (Å²) in [6.07, 6.45) is 2.25. The zero-order valence-corrected chi connectivity index (χ0v) is 12.4. The van der Waals surface area contributed by atoms with E-state index in [1.165, 1.54) is 11.3 Å². The van der Waals surface area contributed by atoms with Crippen molar-refractivity contribution in [2.45, 2.75) is 38.8 Å².